The second-order valence-electron chi connectivity index (χ2n) is 12.1. The van der Waals surface area contributed by atoms with Gasteiger partial charge in [-0.3, -0.25) is 14.4 Å². The highest BCUT2D eigenvalue weighted by Gasteiger charge is 2.82. The van der Waals surface area contributed by atoms with E-state index in [4.69, 9.17) is 11.6 Å². The van der Waals surface area contributed by atoms with E-state index in [0.29, 0.717) is 22.3 Å². The maximum Gasteiger partial charge on any atom is 0.337 e. The van der Waals surface area contributed by atoms with Crippen molar-refractivity contribution in [3.05, 3.63) is 172 Å². The molecule has 228 valence electrons. The minimum absolute atomic E-state index is 0.0170. The van der Waals surface area contributed by atoms with Crippen molar-refractivity contribution in [2.24, 2.45) is 11.8 Å². The maximum atomic E-state index is 15.9. The highest BCUT2D eigenvalue weighted by atomic mass is 35.5. The Kier molecular flexibility index (Phi) is 6.43. The minimum Gasteiger partial charge on any atom is -0.478 e. The monoisotopic (exact) mass is 635 g/mol. The number of amides is 2. The van der Waals surface area contributed by atoms with Crippen LogP contribution in [-0.4, -0.2) is 28.7 Å². The number of carbonyl (C=O) groups is 4. The van der Waals surface area contributed by atoms with E-state index >= 15 is 14.4 Å². The van der Waals surface area contributed by atoms with Crippen molar-refractivity contribution in [1.82, 2.24) is 0 Å². The Labute approximate surface area is 275 Å². The third kappa shape index (κ3) is 3.67. The molecule has 0 unspecified atom stereocenters. The van der Waals surface area contributed by atoms with Crippen LogP contribution in [0, 0.1) is 11.8 Å². The highest BCUT2D eigenvalue weighted by Crippen LogP contribution is 2.74. The zero-order valence-corrected chi connectivity index (χ0v) is 25.6. The molecular weight excluding hydrogens is 610 g/mol. The van der Waals surface area contributed by atoms with Gasteiger partial charge in [0.05, 0.1) is 38.9 Å². The number of Topliss-reactive ketones (excluding diaryl/α,β-unsaturated/α-hetero) is 1. The van der Waals surface area contributed by atoms with Gasteiger partial charge in [0.2, 0.25) is 11.8 Å². The number of benzene rings is 5. The lowest BCUT2D eigenvalue weighted by Crippen LogP contribution is -2.45. The quantitative estimate of drug-likeness (QED) is 0.199. The van der Waals surface area contributed by atoms with Crippen LogP contribution in [-0.2, 0) is 25.2 Å². The van der Waals surface area contributed by atoms with E-state index in [1.165, 1.54) is 18.2 Å². The van der Waals surface area contributed by atoms with Crippen LogP contribution in [0.5, 0.6) is 0 Å². The molecule has 2 aliphatic carbocycles. The molecule has 4 atom stereocenters. The summed E-state index contributed by atoms with van der Waals surface area (Å²) in [5.41, 5.74) is 0.945. The van der Waals surface area contributed by atoms with Gasteiger partial charge in [0.25, 0.3) is 0 Å². The van der Waals surface area contributed by atoms with Crippen LogP contribution in [0.25, 0.3) is 11.1 Å². The number of ketones is 1. The molecule has 2 amide bonds. The summed E-state index contributed by atoms with van der Waals surface area (Å²) in [5.74, 6) is -4.86. The van der Waals surface area contributed by atoms with Crippen molar-refractivity contribution < 1.29 is 24.3 Å². The summed E-state index contributed by atoms with van der Waals surface area (Å²) >= 11 is 6.20. The topological polar surface area (TPSA) is 91.8 Å². The third-order valence-corrected chi connectivity index (χ3v) is 10.3. The van der Waals surface area contributed by atoms with Crippen molar-refractivity contribution in [3.63, 3.8) is 0 Å². The van der Waals surface area contributed by atoms with Gasteiger partial charge in [-0.2, -0.15) is 0 Å². The first-order valence-corrected chi connectivity index (χ1v) is 15.6. The lowest BCUT2D eigenvalue weighted by molar-refractivity contribution is -0.130. The summed E-state index contributed by atoms with van der Waals surface area (Å²) in [6, 6.07) is 41.8. The number of halogens is 1. The third-order valence-electron chi connectivity index (χ3n) is 10.0. The minimum atomic E-state index is -1.54. The fourth-order valence-electron chi connectivity index (χ4n) is 8.40. The molecule has 2 bridgehead atoms. The normalized spacial score (nSPS) is 24.6. The van der Waals surface area contributed by atoms with E-state index in [2.05, 4.69) is 0 Å². The average Bonchev–Trinajstić information content (AvgIpc) is 3.62. The molecule has 5 aromatic carbocycles. The molecule has 1 aliphatic heterocycles. The highest BCUT2D eigenvalue weighted by molar-refractivity contribution is 6.39. The summed E-state index contributed by atoms with van der Waals surface area (Å²) in [5, 5.41) is 9.81. The number of nitrogens with zero attached hydrogens (tertiary/aromatic N) is 1. The SMILES string of the molecule is O=C(O)c1cc(N2C(=O)[C@H]3[C@H](C2=O)[C@@]2(c4ccccc4)C(=O)[C@@]3(c3ccccc3)C(c3ccccc3)=C2c2ccccc2)ccc1Cl. The van der Waals surface area contributed by atoms with E-state index in [1.807, 2.05) is 121 Å². The van der Waals surface area contributed by atoms with Crippen molar-refractivity contribution in [3.8, 4) is 0 Å². The van der Waals surface area contributed by atoms with Gasteiger partial charge in [0.15, 0.2) is 5.78 Å². The van der Waals surface area contributed by atoms with Gasteiger partial charge >= 0.3 is 5.97 Å². The van der Waals surface area contributed by atoms with Gasteiger partial charge < -0.3 is 5.11 Å². The molecule has 5 aromatic rings. The average molecular weight is 636 g/mol. The zero-order valence-electron chi connectivity index (χ0n) is 24.8. The van der Waals surface area contributed by atoms with E-state index < -0.39 is 40.4 Å². The number of imide groups is 1. The molecule has 6 nitrogen and oxygen atoms in total. The molecule has 0 spiro atoms. The van der Waals surface area contributed by atoms with E-state index in [0.717, 1.165) is 16.0 Å². The summed E-state index contributed by atoms with van der Waals surface area (Å²) < 4.78 is 0. The van der Waals surface area contributed by atoms with Gasteiger partial charge in [-0.05, 0) is 51.6 Å². The molecule has 3 aliphatic rings. The van der Waals surface area contributed by atoms with E-state index in [1.54, 1.807) is 0 Å². The van der Waals surface area contributed by atoms with Crippen molar-refractivity contribution in [2.75, 3.05) is 4.90 Å². The van der Waals surface area contributed by atoms with Crippen LogP contribution in [0.2, 0.25) is 5.02 Å². The molecular formula is C40H26ClNO5. The van der Waals surface area contributed by atoms with E-state index in [9.17, 15) is 9.90 Å². The molecule has 1 heterocycles. The first kappa shape index (κ1) is 28.9. The van der Waals surface area contributed by atoms with Crippen LogP contribution in [0.3, 0.4) is 0 Å². The number of carbonyl (C=O) groups excluding carboxylic acids is 3. The largest absolute Gasteiger partial charge is 0.478 e. The number of carboxylic acids is 1. The summed E-state index contributed by atoms with van der Waals surface area (Å²) in [7, 11) is 0. The van der Waals surface area contributed by atoms with Gasteiger partial charge in [0.1, 0.15) is 0 Å². The molecule has 1 saturated heterocycles. The molecule has 1 saturated carbocycles. The Balaban J connectivity index is 1.53. The van der Waals surface area contributed by atoms with Crippen LogP contribution in [0.4, 0.5) is 5.69 Å². The van der Waals surface area contributed by atoms with Crippen LogP contribution in [0.1, 0.15) is 32.6 Å². The molecule has 8 rings (SSSR count). The molecule has 0 aromatic heterocycles. The predicted octanol–water partition coefficient (Wildman–Crippen LogP) is 7.23. The summed E-state index contributed by atoms with van der Waals surface area (Å²) in [4.78, 5) is 59.0. The number of allylic oxidation sites excluding steroid dienone is 2. The Morgan fingerprint density at radius 3 is 1.40 bits per heavy atom. The number of hydrogen-bond donors (Lipinski definition) is 1. The Morgan fingerprint density at radius 2 is 1.00 bits per heavy atom. The molecule has 1 N–H and O–H groups in total. The van der Waals surface area contributed by atoms with Crippen LogP contribution < -0.4 is 4.90 Å². The smallest absolute Gasteiger partial charge is 0.337 e. The Bertz CT molecular complexity index is 2030. The van der Waals surface area contributed by atoms with Crippen LogP contribution in [0.15, 0.2) is 140 Å². The van der Waals surface area contributed by atoms with E-state index in [-0.39, 0.29) is 22.1 Å². The number of rotatable bonds is 6. The fraction of sp³-hybridized carbons (Fsp3) is 0.100. The number of anilines is 1. The van der Waals surface area contributed by atoms with Crippen molar-refractivity contribution in [2.45, 2.75) is 10.8 Å². The summed E-state index contributed by atoms with van der Waals surface area (Å²) in [6.45, 7) is 0. The molecule has 0 radical (unpaired) electrons. The van der Waals surface area contributed by atoms with Gasteiger partial charge in [0, 0.05) is 0 Å². The maximum absolute atomic E-state index is 15.9. The number of fused-ring (bicyclic) bond motifs is 5. The second kappa shape index (κ2) is 10.5. The first-order valence-electron chi connectivity index (χ1n) is 15.3. The lowest BCUT2D eigenvalue weighted by atomic mass is 9.59. The standard InChI is InChI=1S/C40H26ClNO5/c41-30-22-21-28(23-29(30)37(45)46)42-35(43)33-34(36(42)44)40(27-19-11-4-12-20-27)32(25-15-7-2-8-16-25)31(24-13-5-1-6-14-24)39(33,38(40)47)26-17-9-3-10-18-26/h1-23,33-34H,(H,45,46)/t33-,34-,39+,40+/m1/s1. The second-order valence-corrected chi connectivity index (χ2v) is 12.5. The summed E-state index contributed by atoms with van der Waals surface area (Å²) in [6.07, 6.45) is 0. The number of aromatic carboxylic acids is 1. The Hall–Kier alpha value is -5.59. The van der Waals surface area contributed by atoms with Crippen molar-refractivity contribution in [1.29, 1.82) is 0 Å². The van der Waals surface area contributed by atoms with Crippen molar-refractivity contribution >= 4 is 52.0 Å². The lowest BCUT2D eigenvalue weighted by Gasteiger charge is -2.39. The predicted molar refractivity (Wildman–Crippen MR) is 179 cm³/mol. The fourth-order valence-corrected chi connectivity index (χ4v) is 8.60. The van der Waals surface area contributed by atoms with Gasteiger partial charge in [-0.1, -0.05) is 133 Å². The first-order chi connectivity index (χ1) is 22.8. The number of hydrogen-bond acceptors (Lipinski definition) is 4. The Morgan fingerprint density at radius 1 is 0.596 bits per heavy atom. The van der Waals surface area contributed by atoms with Gasteiger partial charge in [-0.25, -0.2) is 9.69 Å². The van der Waals surface area contributed by atoms with Crippen LogP contribution >= 0.6 is 11.6 Å². The zero-order chi connectivity index (χ0) is 32.5. The van der Waals surface area contributed by atoms with Gasteiger partial charge in [-0.15, -0.1) is 0 Å². The molecule has 2 fully saturated rings. The molecule has 47 heavy (non-hydrogen) atoms. The molecule has 7 heteroatoms. The number of carboxylic acid groups (broad SMARTS) is 1.